The van der Waals surface area contributed by atoms with Crippen LogP contribution in [0.1, 0.15) is 18.9 Å². The molecule has 0 amide bonds. The van der Waals surface area contributed by atoms with Gasteiger partial charge in [-0.2, -0.15) is 0 Å². The van der Waals surface area contributed by atoms with Crippen LogP contribution in [0.5, 0.6) is 5.75 Å². The molecule has 0 aliphatic heterocycles. The summed E-state index contributed by atoms with van der Waals surface area (Å²) >= 11 is 8.05. The van der Waals surface area contributed by atoms with Crippen LogP contribution < -0.4 is 10.1 Å². The number of rotatable bonds is 7. The van der Waals surface area contributed by atoms with Crippen LogP contribution in [0.2, 0.25) is 5.02 Å². The van der Waals surface area contributed by atoms with Crippen LogP contribution in [0, 0.1) is 0 Å². The molecule has 2 rings (SSSR count). The van der Waals surface area contributed by atoms with Crippen molar-refractivity contribution in [2.45, 2.75) is 29.7 Å². The Bertz CT molecular complexity index is 572. The minimum atomic E-state index is 0.817. The topological polar surface area (TPSA) is 21.3 Å². The number of benzene rings is 2. The van der Waals surface area contributed by atoms with E-state index >= 15 is 0 Å². The molecule has 21 heavy (non-hydrogen) atoms. The molecular weight excluding hydrogens is 302 g/mol. The average molecular weight is 322 g/mol. The van der Waals surface area contributed by atoms with Crippen molar-refractivity contribution >= 4 is 23.4 Å². The van der Waals surface area contributed by atoms with Gasteiger partial charge in [0.25, 0.3) is 0 Å². The van der Waals surface area contributed by atoms with E-state index in [9.17, 15) is 0 Å². The van der Waals surface area contributed by atoms with Gasteiger partial charge in [-0.1, -0.05) is 36.4 Å². The number of hydrogen-bond donors (Lipinski definition) is 1. The van der Waals surface area contributed by atoms with Crippen molar-refractivity contribution in [3.05, 3.63) is 53.1 Å². The Balaban J connectivity index is 2.01. The first-order valence-corrected chi connectivity index (χ1v) is 8.23. The molecule has 1 N–H and O–H groups in total. The lowest BCUT2D eigenvalue weighted by atomic mass is 10.2. The second-order valence-corrected chi connectivity index (χ2v) is 6.26. The Labute approximate surface area is 135 Å². The first-order valence-electron chi connectivity index (χ1n) is 7.04. The molecule has 0 atom stereocenters. The van der Waals surface area contributed by atoms with Crippen molar-refractivity contribution in [1.29, 1.82) is 0 Å². The highest BCUT2D eigenvalue weighted by Gasteiger charge is 2.04. The van der Waals surface area contributed by atoms with Crippen molar-refractivity contribution in [3.8, 4) is 5.75 Å². The third kappa shape index (κ3) is 4.95. The summed E-state index contributed by atoms with van der Waals surface area (Å²) in [5.41, 5.74) is 1.14. The summed E-state index contributed by atoms with van der Waals surface area (Å²) in [5, 5.41) is 4.19. The first kappa shape index (κ1) is 16.2. The number of ether oxygens (including phenoxy) is 1. The molecule has 0 radical (unpaired) electrons. The Kier molecular flexibility index (Phi) is 6.43. The fourth-order valence-electron chi connectivity index (χ4n) is 1.91. The highest BCUT2D eigenvalue weighted by molar-refractivity contribution is 7.99. The van der Waals surface area contributed by atoms with Gasteiger partial charge in [0.2, 0.25) is 0 Å². The normalized spacial score (nSPS) is 10.6. The molecule has 0 spiro atoms. The van der Waals surface area contributed by atoms with Gasteiger partial charge in [-0.25, -0.2) is 0 Å². The molecule has 4 heteroatoms. The third-order valence-electron chi connectivity index (χ3n) is 3.06. The summed E-state index contributed by atoms with van der Waals surface area (Å²) in [6.07, 6.45) is 1.13. The van der Waals surface area contributed by atoms with Gasteiger partial charge in [0.1, 0.15) is 5.75 Å². The van der Waals surface area contributed by atoms with Gasteiger partial charge in [0, 0.05) is 21.4 Å². The molecule has 0 fully saturated rings. The van der Waals surface area contributed by atoms with E-state index in [1.807, 2.05) is 30.3 Å². The summed E-state index contributed by atoms with van der Waals surface area (Å²) in [4.78, 5) is 2.31. The lowest BCUT2D eigenvalue weighted by Crippen LogP contribution is -2.13. The Morgan fingerprint density at radius 3 is 2.43 bits per heavy atom. The van der Waals surface area contributed by atoms with Crippen LogP contribution in [-0.2, 0) is 6.54 Å². The van der Waals surface area contributed by atoms with Gasteiger partial charge in [-0.15, -0.1) is 0 Å². The zero-order valence-electron chi connectivity index (χ0n) is 12.4. The number of nitrogens with one attached hydrogen (secondary N) is 1. The minimum Gasteiger partial charge on any atom is -0.497 e. The molecule has 0 aromatic heterocycles. The molecule has 2 nitrogen and oxygen atoms in total. The maximum atomic E-state index is 6.35. The van der Waals surface area contributed by atoms with Crippen LogP contribution in [-0.4, -0.2) is 13.7 Å². The third-order valence-corrected chi connectivity index (χ3v) is 4.41. The molecule has 0 aliphatic rings. The quantitative estimate of drug-likeness (QED) is 0.725. The van der Waals surface area contributed by atoms with E-state index in [4.69, 9.17) is 16.3 Å². The Morgan fingerprint density at radius 1 is 1.10 bits per heavy atom. The monoisotopic (exact) mass is 321 g/mol. The second kappa shape index (κ2) is 8.32. The van der Waals surface area contributed by atoms with Crippen molar-refractivity contribution in [2.75, 3.05) is 13.7 Å². The van der Waals surface area contributed by atoms with Gasteiger partial charge in [-0.3, -0.25) is 0 Å². The fraction of sp³-hybridized carbons (Fsp3) is 0.294. The van der Waals surface area contributed by atoms with Crippen LogP contribution in [0.4, 0.5) is 0 Å². The maximum absolute atomic E-state index is 6.35. The lowest BCUT2D eigenvalue weighted by Gasteiger charge is -2.08. The minimum absolute atomic E-state index is 0.817. The van der Waals surface area contributed by atoms with Crippen LogP contribution in [0.3, 0.4) is 0 Å². The van der Waals surface area contributed by atoms with E-state index in [0.29, 0.717) is 0 Å². The molecule has 0 saturated carbocycles. The van der Waals surface area contributed by atoms with Crippen LogP contribution in [0.15, 0.2) is 52.3 Å². The molecule has 0 unspecified atom stereocenters. The summed E-state index contributed by atoms with van der Waals surface area (Å²) in [6, 6.07) is 14.3. The van der Waals surface area contributed by atoms with E-state index in [1.165, 1.54) is 4.90 Å². The van der Waals surface area contributed by atoms with E-state index in [0.717, 1.165) is 40.7 Å². The molecule has 0 aliphatic carbocycles. The first-order chi connectivity index (χ1) is 10.2. The predicted molar refractivity (Wildman–Crippen MR) is 90.6 cm³/mol. The summed E-state index contributed by atoms with van der Waals surface area (Å²) < 4.78 is 5.16. The summed E-state index contributed by atoms with van der Waals surface area (Å²) in [7, 11) is 1.67. The number of halogens is 1. The molecule has 0 heterocycles. The molecule has 112 valence electrons. The van der Waals surface area contributed by atoms with Crippen LogP contribution in [0.25, 0.3) is 0 Å². The zero-order chi connectivity index (χ0) is 15.1. The van der Waals surface area contributed by atoms with Crippen molar-refractivity contribution in [3.63, 3.8) is 0 Å². The van der Waals surface area contributed by atoms with E-state index in [-0.39, 0.29) is 0 Å². The standard InChI is InChI=1S/C17H20ClNOS/c1-3-10-19-12-13-4-7-16(11-17(13)18)21-15-8-5-14(20-2)6-9-15/h4-9,11,19H,3,10,12H2,1-2H3. The molecule has 2 aromatic rings. The largest absolute Gasteiger partial charge is 0.497 e. The van der Waals surface area contributed by atoms with E-state index in [2.05, 4.69) is 24.4 Å². The molecule has 2 aromatic carbocycles. The van der Waals surface area contributed by atoms with Crippen molar-refractivity contribution in [2.24, 2.45) is 0 Å². The van der Waals surface area contributed by atoms with Gasteiger partial charge < -0.3 is 10.1 Å². The van der Waals surface area contributed by atoms with Crippen LogP contribution >= 0.6 is 23.4 Å². The Hall–Kier alpha value is -1.16. The summed E-state index contributed by atoms with van der Waals surface area (Å²) in [5.74, 6) is 0.870. The molecule has 0 saturated heterocycles. The molecule has 0 bridgehead atoms. The van der Waals surface area contributed by atoms with Crippen molar-refractivity contribution in [1.82, 2.24) is 5.32 Å². The van der Waals surface area contributed by atoms with E-state index in [1.54, 1.807) is 18.9 Å². The second-order valence-electron chi connectivity index (χ2n) is 4.71. The zero-order valence-corrected chi connectivity index (χ0v) is 13.9. The van der Waals surface area contributed by atoms with Gasteiger partial charge in [-0.05, 0) is 54.9 Å². The highest BCUT2D eigenvalue weighted by atomic mass is 35.5. The van der Waals surface area contributed by atoms with Gasteiger partial charge >= 0.3 is 0 Å². The average Bonchev–Trinajstić information content (AvgIpc) is 2.50. The molecular formula is C17H20ClNOS. The van der Waals surface area contributed by atoms with Gasteiger partial charge in [0.05, 0.1) is 7.11 Å². The van der Waals surface area contributed by atoms with Crippen molar-refractivity contribution < 1.29 is 4.74 Å². The summed E-state index contributed by atoms with van der Waals surface area (Å²) in [6.45, 7) is 3.99. The smallest absolute Gasteiger partial charge is 0.118 e. The Morgan fingerprint density at radius 2 is 1.81 bits per heavy atom. The lowest BCUT2D eigenvalue weighted by molar-refractivity contribution is 0.414. The predicted octanol–water partition coefficient (Wildman–Crippen LogP) is 5.00. The SMILES string of the molecule is CCCNCc1ccc(Sc2ccc(OC)cc2)cc1Cl. The maximum Gasteiger partial charge on any atom is 0.118 e. The van der Waals surface area contributed by atoms with Gasteiger partial charge in [0.15, 0.2) is 0 Å². The van der Waals surface area contributed by atoms with E-state index < -0.39 is 0 Å². The number of methoxy groups -OCH3 is 1. The fourth-order valence-corrected chi connectivity index (χ4v) is 3.08. The highest BCUT2D eigenvalue weighted by Crippen LogP contribution is 2.31. The number of hydrogen-bond acceptors (Lipinski definition) is 3.